The van der Waals surface area contributed by atoms with E-state index < -0.39 is 25.4 Å². The van der Waals surface area contributed by atoms with E-state index in [0.717, 1.165) is 12.8 Å². The molecule has 2 aliphatic rings. The molecule has 0 radical (unpaired) electrons. The molecule has 1 aromatic carbocycles. The van der Waals surface area contributed by atoms with E-state index in [2.05, 4.69) is 40.4 Å². The molecule has 3 rings (SSSR count). The van der Waals surface area contributed by atoms with E-state index in [4.69, 9.17) is 27.6 Å². The van der Waals surface area contributed by atoms with Gasteiger partial charge in [-0.15, -0.1) is 11.6 Å². The van der Waals surface area contributed by atoms with Crippen LogP contribution in [0.1, 0.15) is 51.7 Å². The lowest BCUT2D eigenvalue weighted by Gasteiger charge is -2.51. The van der Waals surface area contributed by atoms with Gasteiger partial charge in [0.05, 0.1) is 0 Å². The molecule has 2 aliphatic carbocycles. The van der Waals surface area contributed by atoms with Gasteiger partial charge in [-0.3, -0.25) is 4.79 Å². The Morgan fingerprint density at radius 1 is 1.21 bits per heavy atom. The van der Waals surface area contributed by atoms with E-state index in [0.29, 0.717) is 22.9 Å². The predicted octanol–water partition coefficient (Wildman–Crippen LogP) is 5.99. The fourth-order valence-corrected chi connectivity index (χ4v) is 7.45. The monoisotopic (exact) mass is 442 g/mol. The predicted molar refractivity (Wildman–Crippen MR) is 117 cm³/mol. The highest BCUT2D eigenvalue weighted by atomic mass is 35.5. The highest BCUT2D eigenvalue weighted by Gasteiger charge is 2.73. The molecule has 0 saturated heterocycles. The number of hydrogen-bond acceptors (Lipinski definition) is 3. The Balaban J connectivity index is 2.00. The fraction of sp³-hybridized carbons (Fsp3) is 0.682. The number of fused-ring (bicyclic) bond motifs is 2. The van der Waals surface area contributed by atoms with Crippen LogP contribution in [0.5, 0.6) is 0 Å². The van der Waals surface area contributed by atoms with Crippen LogP contribution in [0.4, 0.5) is 0 Å². The lowest BCUT2D eigenvalue weighted by atomic mass is 9.62. The van der Waals surface area contributed by atoms with Crippen LogP contribution in [0.3, 0.4) is 0 Å². The summed E-state index contributed by atoms with van der Waals surface area (Å²) in [5.74, 6) is 0.256. The van der Waals surface area contributed by atoms with Gasteiger partial charge < -0.3 is 9.53 Å². The van der Waals surface area contributed by atoms with Gasteiger partial charge in [-0.25, -0.2) is 0 Å². The standard InChI is InChI=1S/C22H32Cl2O3Si/c1-20(2)15-11-12-21(20,3)22(13-15,27-28(4,5)6)19(26)17(24)18(25)14-7-9-16(23)10-8-14/h7-10,15,17-18,25H,11-13H2,1-6H3/t15?,17-,18-,21-,22?/m1/s1. The van der Waals surface area contributed by atoms with Gasteiger partial charge in [-0.2, -0.15) is 0 Å². The third-order valence-corrected chi connectivity index (χ3v) is 9.13. The molecule has 6 heteroatoms. The smallest absolute Gasteiger partial charge is 0.185 e. The second kappa shape index (κ2) is 7.09. The molecular formula is C22H32Cl2O3Si. The SMILES string of the molecule is CC1(C)C2CC[C@@]1(C)C(O[Si](C)(C)C)(C(=O)[C@H](Cl)[C@H](O)c1ccc(Cl)cc1)C2. The Hall–Kier alpha value is -0.393. The Kier molecular flexibility index (Phi) is 5.65. The summed E-state index contributed by atoms with van der Waals surface area (Å²) in [5.41, 5.74) is -0.656. The molecule has 0 amide bonds. The van der Waals surface area contributed by atoms with Crippen molar-refractivity contribution in [1.29, 1.82) is 0 Å². The summed E-state index contributed by atoms with van der Waals surface area (Å²) < 4.78 is 6.72. The van der Waals surface area contributed by atoms with Gasteiger partial charge in [-0.05, 0) is 67.9 Å². The first-order valence-corrected chi connectivity index (χ1v) is 14.3. The van der Waals surface area contributed by atoms with Gasteiger partial charge in [0.15, 0.2) is 14.1 Å². The molecule has 2 unspecified atom stereocenters. The number of ketones is 1. The van der Waals surface area contributed by atoms with Gasteiger partial charge in [0.25, 0.3) is 0 Å². The van der Waals surface area contributed by atoms with Crippen molar-refractivity contribution in [3.05, 3.63) is 34.9 Å². The van der Waals surface area contributed by atoms with Gasteiger partial charge in [0.1, 0.15) is 17.1 Å². The van der Waals surface area contributed by atoms with Crippen LogP contribution < -0.4 is 0 Å². The Bertz CT molecular complexity index is 758. The molecule has 5 atom stereocenters. The minimum Gasteiger partial charge on any atom is -0.404 e. The summed E-state index contributed by atoms with van der Waals surface area (Å²) in [6, 6.07) is 6.83. The molecule has 2 saturated carbocycles. The third kappa shape index (κ3) is 3.29. The molecular weight excluding hydrogens is 411 g/mol. The van der Waals surface area contributed by atoms with E-state index in [-0.39, 0.29) is 16.6 Å². The molecule has 0 spiro atoms. The molecule has 2 bridgehead atoms. The van der Waals surface area contributed by atoms with Crippen LogP contribution in [-0.4, -0.2) is 30.2 Å². The molecule has 0 aromatic heterocycles. The van der Waals surface area contributed by atoms with Gasteiger partial charge in [0, 0.05) is 10.4 Å². The summed E-state index contributed by atoms with van der Waals surface area (Å²) in [4.78, 5) is 13.9. The van der Waals surface area contributed by atoms with Gasteiger partial charge >= 0.3 is 0 Å². The first-order valence-electron chi connectivity index (χ1n) is 10.1. The molecule has 0 aliphatic heterocycles. The van der Waals surface area contributed by atoms with Crippen LogP contribution in [0.2, 0.25) is 24.7 Å². The number of halogens is 2. The van der Waals surface area contributed by atoms with E-state index in [1.807, 2.05) is 0 Å². The number of carbonyl (C=O) groups excluding carboxylic acids is 1. The van der Waals surface area contributed by atoms with Gasteiger partial charge in [0.2, 0.25) is 0 Å². The van der Waals surface area contributed by atoms with Crippen molar-refractivity contribution in [3.8, 4) is 0 Å². The van der Waals surface area contributed by atoms with Crippen molar-refractivity contribution in [1.82, 2.24) is 0 Å². The van der Waals surface area contributed by atoms with Crippen molar-refractivity contribution >= 4 is 37.3 Å². The maximum Gasteiger partial charge on any atom is 0.185 e. The first kappa shape index (κ1) is 22.3. The summed E-state index contributed by atoms with van der Waals surface area (Å²) in [6.45, 7) is 13.0. The average Bonchev–Trinajstić information content (AvgIpc) is 2.91. The van der Waals surface area contributed by atoms with E-state index in [9.17, 15) is 9.90 Å². The lowest BCUT2D eigenvalue weighted by Crippen LogP contribution is -2.61. The maximum atomic E-state index is 13.9. The highest BCUT2D eigenvalue weighted by molar-refractivity contribution is 6.70. The molecule has 0 heterocycles. The number of aliphatic hydroxyl groups is 1. The molecule has 28 heavy (non-hydrogen) atoms. The second-order valence-electron chi connectivity index (χ2n) is 10.3. The van der Waals surface area contributed by atoms with E-state index in [1.165, 1.54) is 0 Å². The summed E-state index contributed by atoms with van der Waals surface area (Å²) >= 11 is 12.6. The largest absolute Gasteiger partial charge is 0.404 e. The van der Waals surface area contributed by atoms with Crippen molar-refractivity contribution in [2.24, 2.45) is 16.7 Å². The lowest BCUT2D eigenvalue weighted by molar-refractivity contribution is -0.153. The fourth-order valence-electron chi connectivity index (χ4n) is 5.54. The normalized spacial score (nSPS) is 33.7. The quantitative estimate of drug-likeness (QED) is 0.434. The first-order chi connectivity index (χ1) is 12.8. The summed E-state index contributed by atoms with van der Waals surface area (Å²) in [6.07, 6.45) is 1.65. The van der Waals surface area contributed by atoms with Crippen LogP contribution >= 0.6 is 23.2 Å². The Morgan fingerprint density at radius 3 is 2.21 bits per heavy atom. The Morgan fingerprint density at radius 2 is 1.79 bits per heavy atom. The zero-order valence-electron chi connectivity index (χ0n) is 17.7. The topological polar surface area (TPSA) is 46.5 Å². The summed E-state index contributed by atoms with van der Waals surface area (Å²) in [5, 5.41) is 10.4. The number of aliphatic hydroxyl groups excluding tert-OH is 1. The number of Topliss-reactive ketones (excluding diaryl/α,β-unsaturated/α-hetero) is 1. The number of carbonyl (C=O) groups is 1. The zero-order valence-corrected chi connectivity index (χ0v) is 20.2. The minimum atomic E-state index is -2.05. The average molecular weight is 443 g/mol. The maximum absolute atomic E-state index is 13.9. The molecule has 1 N–H and O–H groups in total. The van der Waals surface area contributed by atoms with Crippen molar-refractivity contribution < 1.29 is 14.3 Å². The van der Waals surface area contributed by atoms with Crippen LogP contribution in [0, 0.1) is 16.7 Å². The van der Waals surface area contributed by atoms with Crippen LogP contribution in [-0.2, 0) is 9.22 Å². The second-order valence-corrected chi connectivity index (χ2v) is 15.6. The third-order valence-electron chi connectivity index (χ3n) is 7.48. The number of alkyl halides is 1. The van der Waals surface area contributed by atoms with Gasteiger partial charge in [-0.1, -0.05) is 44.5 Å². The van der Waals surface area contributed by atoms with Crippen LogP contribution in [0.25, 0.3) is 0 Å². The number of hydrogen-bond donors (Lipinski definition) is 1. The zero-order chi connectivity index (χ0) is 21.1. The van der Waals surface area contributed by atoms with Crippen LogP contribution in [0.15, 0.2) is 24.3 Å². The number of benzene rings is 1. The summed E-state index contributed by atoms with van der Waals surface area (Å²) in [7, 11) is -2.05. The molecule has 1 aromatic rings. The van der Waals surface area contributed by atoms with E-state index >= 15 is 0 Å². The van der Waals surface area contributed by atoms with Crippen molar-refractivity contribution in [3.63, 3.8) is 0 Å². The number of rotatable bonds is 6. The van der Waals surface area contributed by atoms with E-state index in [1.54, 1.807) is 24.3 Å². The Labute approximate surface area is 179 Å². The van der Waals surface area contributed by atoms with Crippen molar-refractivity contribution in [2.45, 2.75) is 76.8 Å². The molecule has 156 valence electrons. The minimum absolute atomic E-state index is 0.00978. The molecule has 2 fully saturated rings. The highest BCUT2D eigenvalue weighted by Crippen LogP contribution is 2.71. The molecule has 3 nitrogen and oxygen atoms in total. The van der Waals surface area contributed by atoms with Crippen molar-refractivity contribution in [2.75, 3.05) is 0 Å².